The highest BCUT2D eigenvalue weighted by molar-refractivity contribution is 9.10. The zero-order valence-corrected chi connectivity index (χ0v) is 8.43. The maximum atomic E-state index is 4.40. The molecule has 2 rings (SSSR count). The Morgan fingerprint density at radius 3 is 3.17 bits per heavy atom. The maximum absolute atomic E-state index is 4.40. The van der Waals surface area contributed by atoms with Gasteiger partial charge >= 0.3 is 0 Å². The first kappa shape index (κ1) is 7.92. The third kappa shape index (κ3) is 1.18. The molecular formula is C9H9BrN2. The Balaban J connectivity index is 2.47. The first-order valence-corrected chi connectivity index (χ1v) is 4.78. The number of hydrogen-bond donors (Lipinski definition) is 0. The van der Waals surface area contributed by atoms with Gasteiger partial charge in [0.15, 0.2) is 0 Å². The molecule has 0 bridgehead atoms. The second-order valence-electron chi connectivity index (χ2n) is 2.78. The van der Waals surface area contributed by atoms with Gasteiger partial charge in [-0.3, -0.25) is 9.98 Å². The van der Waals surface area contributed by atoms with Gasteiger partial charge in [-0.2, -0.15) is 0 Å². The van der Waals surface area contributed by atoms with Crippen LogP contribution in [-0.4, -0.2) is 10.7 Å². The Labute approximate surface area is 79.9 Å². The molecule has 1 aromatic rings. The lowest BCUT2D eigenvalue weighted by molar-refractivity contribution is 1.08. The van der Waals surface area contributed by atoms with Crippen molar-refractivity contribution in [1.82, 2.24) is 4.98 Å². The van der Waals surface area contributed by atoms with E-state index in [2.05, 4.69) is 38.9 Å². The van der Waals surface area contributed by atoms with Crippen molar-refractivity contribution in [3.05, 3.63) is 28.0 Å². The van der Waals surface area contributed by atoms with Gasteiger partial charge in [-0.15, -0.1) is 0 Å². The van der Waals surface area contributed by atoms with E-state index in [0.717, 1.165) is 28.8 Å². The quantitative estimate of drug-likeness (QED) is 0.720. The molecular weight excluding hydrogens is 216 g/mol. The average molecular weight is 225 g/mol. The van der Waals surface area contributed by atoms with Crippen molar-refractivity contribution in [3.63, 3.8) is 0 Å². The minimum atomic E-state index is 0.797. The number of rotatable bonds is 1. The normalized spacial score (nSPS) is 14.3. The molecule has 62 valence electrons. The summed E-state index contributed by atoms with van der Waals surface area (Å²) in [4.78, 5) is 8.73. The fraction of sp³-hybridized carbons (Fsp3) is 0.333. The van der Waals surface area contributed by atoms with Crippen LogP contribution in [0.15, 0.2) is 21.7 Å². The van der Waals surface area contributed by atoms with Crippen molar-refractivity contribution < 1.29 is 0 Å². The molecule has 0 aliphatic carbocycles. The van der Waals surface area contributed by atoms with Gasteiger partial charge in [0.25, 0.3) is 0 Å². The second kappa shape index (κ2) is 2.98. The number of nitrogens with zero attached hydrogens (tertiary/aromatic N) is 2. The third-order valence-electron chi connectivity index (χ3n) is 1.98. The van der Waals surface area contributed by atoms with Crippen LogP contribution in [0.2, 0.25) is 0 Å². The summed E-state index contributed by atoms with van der Waals surface area (Å²) in [6.45, 7) is 2.91. The highest BCUT2D eigenvalue weighted by Crippen LogP contribution is 2.21. The van der Waals surface area contributed by atoms with E-state index in [0.29, 0.717) is 0 Å². The van der Waals surface area contributed by atoms with E-state index in [1.54, 1.807) is 0 Å². The zero-order chi connectivity index (χ0) is 8.55. The topological polar surface area (TPSA) is 25.2 Å². The molecule has 0 unspecified atom stereocenters. The van der Waals surface area contributed by atoms with E-state index in [1.807, 2.05) is 6.20 Å². The molecule has 1 aliphatic rings. The molecule has 0 spiro atoms. The molecule has 0 radical (unpaired) electrons. The molecule has 0 fully saturated rings. The van der Waals surface area contributed by atoms with Crippen LogP contribution >= 0.6 is 15.9 Å². The lowest BCUT2D eigenvalue weighted by Crippen LogP contribution is -1.99. The zero-order valence-electron chi connectivity index (χ0n) is 6.84. The Hall–Kier alpha value is -0.700. The monoisotopic (exact) mass is 224 g/mol. The summed E-state index contributed by atoms with van der Waals surface area (Å²) in [6.07, 6.45) is 2.80. The Bertz CT molecular complexity index is 344. The molecule has 0 amide bonds. The number of halogens is 1. The predicted octanol–water partition coefficient (Wildman–Crippen LogP) is 2.56. The van der Waals surface area contributed by atoms with E-state index in [9.17, 15) is 0 Å². The van der Waals surface area contributed by atoms with Crippen LogP contribution in [0.4, 0.5) is 0 Å². The summed E-state index contributed by atoms with van der Waals surface area (Å²) in [5.74, 6) is 0. The number of aromatic nitrogens is 1. The van der Waals surface area contributed by atoms with Crippen LogP contribution in [0.1, 0.15) is 24.6 Å². The van der Waals surface area contributed by atoms with Crippen LogP contribution in [-0.2, 0) is 6.54 Å². The Morgan fingerprint density at radius 1 is 1.58 bits per heavy atom. The molecule has 12 heavy (non-hydrogen) atoms. The smallest absolute Gasteiger partial charge is 0.0891 e. The lowest BCUT2D eigenvalue weighted by Gasteiger charge is -1.99. The number of hydrogen-bond acceptors (Lipinski definition) is 2. The van der Waals surface area contributed by atoms with Gasteiger partial charge < -0.3 is 0 Å². The third-order valence-corrected chi connectivity index (χ3v) is 2.42. The lowest BCUT2D eigenvalue weighted by atomic mass is 10.1. The number of aliphatic imine (C=N–C) groups is 1. The first-order valence-electron chi connectivity index (χ1n) is 3.99. The van der Waals surface area contributed by atoms with Crippen LogP contribution < -0.4 is 0 Å². The molecule has 0 N–H and O–H groups in total. The highest BCUT2D eigenvalue weighted by Gasteiger charge is 2.15. The number of fused-ring (bicyclic) bond motifs is 1. The molecule has 3 heteroatoms. The fourth-order valence-electron chi connectivity index (χ4n) is 1.40. The summed E-state index contributed by atoms with van der Waals surface area (Å²) in [5.41, 5.74) is 3.46. The summed E-state index contributed by atoms with van der Waals surface area (Å²) in [6, 6.07) is 2.09. The predicted molar refractivity (Wildman–Crippen MR) is 52.5 cm³/mol. The minimum absolute atomic E-state index is 0.797. The van der Waals surface area contributed by atoms with Crippen LogP contribution in [0.5, 0.6) is 0 Å². The standard InChI is InChI=1S/C9H9BrN2/c1-2-8-9-6(4-11-8)3-7(10)5-12-9/h3,5H,2,4H2,1H3. The van der Waals surface area contributed by atoms with Gasteiger partial charge in [0, 0.05) is 16.2 Å². The SMILES string of the molecule is CCC1=NCc2cc(Br)cnc21. The van der Waals surface area contributed by atoms with E-state index < -0.39 is 0 Å². The van der Waals surface area contributed by atoms with Gasteiger partial charge in [-0.25, -0.2) is 0 Å². The van der Waals surface area contributed by atoms with Crippen LogP contribution in [0, 0.1) is 0 Å². The molecule has 0 aromatic carbocycles. The Kier molecular flexibility index (Phi) is 1.97. The first-order chi connectivity index (χ1) is 5.81. The Morgan fingerprint density at radius 2 is 2.42 bits per heavy atom. The number of pyridine rings is 1. The largest absolute Gasteiger partial charge is 0.283 e. The van der Waals surface area contributed by atoms with Gasteiger partial charge in [0.05, 0.1) is 18.0 Å². The van der Waals surface area contributed by atoms with Crippen molar-refractivity contribution in [2.24, 2.45) is 4.99 Å². The molecule has 0 atom stereocenters. The second-order valence-corrected chi connectivity index (χ2v) is 3.69. The molecule has 1 aliphatic heterocycles. The average Bonchev–Trinajstić information content (AvgIpc) is 2.46. The van der Waals surface area contributed by atoms with Crippen molar-refractivity contribution >= 4 is 21.6 Å². The molecule has 0 saturated carbocycles. The van der Waals surface area contributed by atoms with Gasteiger partial charge in [-0.1, -0.05) is 6.92 Å². The van der Waals surface area contributed by atoms with Crippen molar-refractivity contribution in [3.8, 4) is 0 Å². The molecule has 0 saturated heterocycles. The van der Waals surface area contributed by atoms with Gasteiger partial charge in [0.1, 0.15) is 0 Å². The fourth-order valence-corrected chi connectivity index (χ4v) is 1.78. The summed E-state index contributed by atoms with van der Waals surface area (Å²) < 4.78 is 1.04. The van der Waals surface area contributed by atoms with Crippen LogP contribution in [0.25, 0.3) is 0 Å². The summed E-state index contributed by atoms with van der Waals surface area (Å²) in [7, 11) is 0. The van der Waals surface area contributed by atoms with E-state index in [4.69, 9.17) is 0 Å². The van der Waals surface area contributed by atoms with E-state index in [1.165, 1.54) is 5.56 Å². The summed E-state index contributed by atoms with van der Waals surface area (Å²) in [5, 5.41) is 0. The van der Waals surface area contributed by atoms with Crippen molar-refractivity contribution in [2.45, 2.75) is 19.9 Å². The summed E-state index contributed by atoms with van der Waals surface area (Å²) >= 11 is 3.39. The molecule has 2 nitrogen and oxygen atoms in total. The van der Waals surface area contributed by atoms with Gasteiger partial charge in [-0.05, 0) is 28.4 Å². The molecule has 1 aromatic heterocycles. The minimum Gasteiger partial charge on any atom is -0.283 e. The van der Waals surface area contributed by atoms with E-state index in [-0.39, 0.29) is 0 Å². The maximum Gasteiger partial charge on any atom is 0.0891 e. The van der Waals surface area contributed by atoms with Gasteiger partial charge in [0.2, 0.25) is 0 Å². The molecule has 2 heterocycles. The highest BCUT2D eigenvalue weighted by atomic mass is 79.9. The van der Waals surface area contributed by atoms with Crippen molar-refractivity contribution in [1.29, 1.82) is 0 Å². The van der Waals surface area contributed by atoms with E-state index >= 15 is 0 Å². The van der Waals surface area contributed by atoms with Crippen LogP contribution in [0.3, 0.4) is 0 Å². The van der Waals surface area contributed by atoms with Crippen molar-refractivity contribution in [2.75, 3.05) is 0 Å².